The number of esters is 1. The van der Waals surface area contributed by atoms with Gasteiger partial charge in [-0.25, -0.2) is 23.2 Å². The van der Waals surface area contributed by atoms with Crippen LogP contribution in [0.1, 0.15) is 132 Å². The summed E-state index contributed by atoms with van der Waals surface area (Å²) in [4.78, 5) is 38.4. The van der Waals surface area contributed by atoms with Gasteiger partial charge in [0.05, 0.1) is 19.8 Å². The van der Waals surface area contributed by atoms with E-state index in [1.54, 1.807) is 27.7 Å². The van der Waals surface area contributed by atoms with Crippen molar-refractivity contribution in [2.24, 2.45) is 22.3 Å². The molecule has 0 aromatic rings. The zero-order valence-corrected chi connectivity index (χ0v) is 31.6. The van der Waals surface area contributed by atoms with Gasteiger partial charge in [0.25, 0.3) is 0 Å². The molecule has 0 aromatic heterocycles. The minimum Gasteiger partial charge on any atom is -0.464 e. The van der Waals surface area contributed by atoms with Crippen molar-refractivity contribution in [2.45, 2.75) is 145 Å². The standard InChI is InChI=1S/C33H64N3O11P/c1-9-12-14-16-18-20-23-42-32(38)44-29(26(4)5)46-48(40,35-31(34)36(8)25-28(37)41-22-11-3)47-30(27(6)7)45-33(39)43-24-21-19-17-15-13-10-2/h26-27,29-30H,9-25H2,1-8H3,(H2,34,35,40). The van der Waals surface area contributed by atoms with E-state index < -0.39 is 56.4 Å². The van der Waals surface area contributed by atoms with Gasteiger partial charge in [0.1, 0.15) is 6.54 Å². The SMILES string of the molecule is CCCCCCCCOC(=O)OC(OP(=O)(/N=C(\N)N(C)CC(=O)OCCC)OC(OC(=O)OCCCCCCCC)C(C)C)C(C)C. The van der Waals surface area contributed by atoms with Gasteiger partial charge in [-0.05, 0) is 19.3 Å². The third kappa shape index (κ3) is 22.9. The second-order valence-corrected chi connectivity index (χ2v) is 14.0. The highest BCUT2D eigenvalue weighted by molar-refractivity contribution is 7.52. The minimum absolute atomic E-state index is 0.151. The van der Waals surface area contributed by atoms with E-state index in [-0.39, 0.29) is 26.4 Å². The van der Waals surface area contributed by atoms with Crippen LogP contribution in [0.4, 0.5) is 9.59 Å². The fourth-order valence-electron chi connectivity index (χ4n) is 3.96. The third-order valence-electron chi connectivity index (χ3n) is 6.87. The molecule has 0 heterocycles. The average Bonchev–Trinajstić information content (AvgIpc) is 3.02. The molecule has 0 aromatic carbocycles. The molecule has 2 unspecified atom stereocenters. The number of hydrogen-bond acceptors (Lipinski definition) is 11. The highest BCUT2D eigenvalue weighted by Crippen LogP contribution is 2.54. The van der Waals surface area contributed by atoms with Crippen molar-refractivity contribution in [1.29, 1.82) is 0 Å². The Morgan fingerprint density at radius 3 is 1.46 bits per heavy atom. The first-order chi connectivity index (χ1) is 22.8. The predicted octanol–water partition coefficient (Wildman–Crippen LogP) is 8.32. The molecule has 0 amide bonds. The quantitative estimate of drug-likeness (QED) is 0.0164. The van der Waals surface area contributed by atoms with Crippen LogP contribution in [0, 0.1) is 11.8 Å². The first-order valence-corrected chi connectivity index (χ1v) is 19.1. The van der Waals surface area contributed by atoms with Crippen molar-refractivity contribution in [3.05, 3.63) is 0 Å². The van der Waals surface area contributed by atoms with E-state index in [2.05, 4.69) is 18.6 Å². The molecular formula is C33H64N3O11P. The highest BCUT2D eigenvalue weighted by atomic mass is 31.2. The molecule has 0 aliphatic carbocycles. The number of nitrogens with two attached hydrogens (primary N) is 1. The van der Waals surface area contributed by atoms with Crippen LogP contribution < -0.4 is 5.73 Å². The molecule has 0 saturated heterocycles. The number of likely N-dealkylation sites (N-methyl/N-ethyl adjacent to an activating group) is 1. The zero-order valence-electron chi connectivity index (χ0n) is 30.7. The molecule has 2 atom stereocenters. The summed E-state index contributed by atoms with van der Waals surface area (Å²) in [5.41, 5.74) is 6.11. The summed E-state index contributed by atoms with van der Waals surface area (Å²) in [5, 5.41) is 0. The Balaban J connectivity index is 5.78. The Bertz CT molecular complexity index is 915. The Hall–Kier alpha value is -2.57. The molecular weight excluding hydrogens is 645 g/mol. The van der Waals surface area contributed by atoms with Crippen LogP contribution in [0.2, 0.25) is 0 Å². The zero-order chi connectivity index (χ0) is 36.4. The van der Waals surface area contributed by atoms with Crippen LogP contribution in [-0.4, -0.2) is 75.1 Å². The molecule has 48 heavy (non-hydrogen) atoms. The fourth-order valence-corrected chi connectivity index (χ4v) is 5.61. The maximum absolute atomic E-state index is 14.2. The monoisotopic (exact) mass is 709 g/mol. The number of carbonyl (C=O) groups excluding carboxylic acids is 3. The largest absolute Gasteiger partial charge is 0.510 e. The minimum atomic E-state index is -4.72. The molecule has 282 valence electrons. The molecule has 0 aliphatic rings. The van der Waals surface area contributed by atoms with E-state index in [1.165, 1.54) is 11.9 Å². The summed E-state index contributed by atoms with van der Waals surface area (Å²) < 4.78 is 55.9. The molecule has 0 fully saturated rings. The third-order valence-corrected chi connectivity index (χ3v) is 8.27. The van der Waals surface area contributed by atoms with Crippen LogP contribution in [-0.2, 0) is 42.1 Å². The Labute approximate surface area is 288 Å². The van der Waals surface area contributed by atoms with Gasteiger partial charge < -0.3 is 34.3 Å². The van der Waals surface area contributed by atoms with E-state index in [0.29, 0.717) is 19.3 Å². The van der Waals surface area contributed by atoms with E-state index >= 15 is 0 Å². The Morgan fingerprint density at radius 1 is 0.646 bits per heavy atom. The number of guanidine groups is 1. The van der Waals surface area contributed by atoms with Gasteiger partial charge in [-0.15, -0.1) is 4.76 Å². The lowest BCUT2D eigenvalue weighted by molar-refractivity contribution is -0.143. The number of carbonyl (C=O) groups is 3. The number of ether oxygens (including phenoxy) is 5. The van der Waals surface area contributed by atoms with Gasteiger partial charge in [-0.3, -0.25) is 4.79 Å². The number of rotatable bonds is 27. The van der Waals surface area contributed by atoms with Crippen LogP contribution in [0.25, 0.3) is 0 Å². The molecule has 0 spiro atoms. The van der Waals surface area contributed by atoms with E-state index in [4.69, 9.17) is 38.5 Å². The average molecular weight is 710 g/mol. The van der Waals surface area contributed by atoms with Crippen LogP contribution in [0.5, 0.6) is 0 Å². The topological polar surface area (TPSA) is 175 Å². The van der Waals surface area contributed by atoms with Crippen molar-refractivity contribution in [3.63, 3.8) is 0 Å². The lowest BCUT2D eigenvalue weighted by atomic mass is 10.1. The normalized spacial score (nSPS) is 14.2. The lowest BCUT2D eigenvalue weighted by Gasteiger charge is -2.28. The van der Waals surface area contributed by atoms with Crippen molar-refractivity contribution in [2.75, 3.05) is 33.4 Å². The number of nitrogens with zero attached hydrogens (tertiary/aromatic N) is 2. The number of hydrogen-bond donors (Lipinski definition) is 1. The molecule has 15 heteroatoms. The second-order valence-electron chi connectivity index (χ2n) is 12.4. The van der Waals surface area contributed by atoms with Crippen molar-refractivity contribution < 1.29 is 51.7 Å². The van der Waals surface area contributed by atoms with E-state index in [0.717, 1.165) is 64.2 Å². The second kappa shape index (κ2) is 27.3. The first kappa shape index (κ1) is 45.4. The Morgan fingerprint density at radius 2 is 1.06 bits per heavy atom. The van der Waals surface area contributed by atoms with Gasteiger partial charge in [0.2, 0.25) is 18.5 Å². The maximum atomic E-state index is 14.2. The van der Waals surface area contributed by atoms with Crippen LogP contribution in [0.15, 0.2) is 4.76 Å². The molecule has 0 aliphatic heterocycles. The Kier molecular flexibility index (Phi) is 25.8. The molecule has 0 radical (unpaired) electrons. The van der Waals surface area contributed by atoms with Gasteiger partial charge in [-0.2, -0.15) is 0 Å². The van der Waals surface area contributed by atoms with E-state index in [1.807, 2.05) is 6.92 Å². The van der Waals surface area contributed by atoms with Crippen molar-refractivity contribution in [3.8, 4) is 0 Å². The van der Waals surface area contributed by atoms with Gasteiger partial charge in [0, 0.05) is 18.9 Å². The molecule has 0 bridgehead atoms. The maximum Gasteiger partial charge on any atom is 0.510 e. The summed E-state index contributed by atoms with van der Waals surface area (Å²) in [5.74, 6) is -2.06. The lowest BCUT2D eigenvalue weighted by Crippen LogP contribution is -2.38. The summed E-state index contributed by atoms with van der Waals surface area (Å²) in [7, 11) is -3.28. The van der Waals surface area contributed by atoms with Crippen LogP contribution in [0.3, 0.4) is 0 Å². The molecule has 14 nitrogen and oxygen atoms in total. The van der Waals surface area contributed by atoms with Gasteiger partial charge in [-0.1, -0.05) is 113 Å². The smallest absolute Gasteiger partial charge is 0.464 e. The molecule has 0 saturated carbocycles. The van der Waals surface area contributed by atoms with Crippen LogP contribution >= 0.6 is 7.75 Å². The summed E-state index contributed by atoms with van der Waals surface area (Å²) >= 11 is 0. The van der Waals surface area contributed by atoms with Gasteiger partial charge >= 0.3 is 26.0 Å². The first-order valence-electron chi connectivity index (χ1n) is 17.6. The summed E-state index contributed by atoms with van der Waals surface area (Å²) in [6.45, 7) is 13.0. The highest BCUT2D eigenvalue weighted by Gasteiger charge is 2.39. The van der Waals surface area contributed by atoms with Gasteiger partial charge in [0.15, 0.2) is 0 Å². The fraction of sp³-hybridized carbons (Fsp3) is 0.879. The van der Waals surface area contributed by atoms with Crippen molar-refractivity contribution in [1.82, 2.24) is 4.90 Å². The van der Waals surface area contributed by atoms with E-state index in [9.17, 15) is 18.9 Å². The predicted molar refractivity (Wildman–Crippen MR) is 184 cm³/mol. The summed E-state index contributed by atoms with van der Waals surface area (Å²) in [6, 6.07) is 0. The molecule has 0 rings (SSSR count). The number of unbranched alkanes of at least 4 members (excludes halogenated alkanes) is 10. The van der Waals surface area contributed by atoms with Crippen molar-refractivity contribution >= 4 is 32.0 Å². The molecule has 2 N–H and O–H groups in total. The summed E-state index contributed by atoms with van der Waals surface area (Å²) in [6.07, 6.45) is 7.78.